The number of benzene rings is 2. The van der Waals surface area contributed by atoms with Crippen LogP contribution in [0.25, 0.3) is 0 Å². The van der Waals surface area contributed by atoms with E-state index in [-0.39, 0.29) is 17.9 Å². The van der Waals surface area contributed by atoms with E-state index in [1.165, 1.54) is 36.4 Å². The van der Waals surface area contributed by atoms with Gasteiger partial charge in [-0.2, -0.15) is 0 Å². The summed E-state index contributed by atoms with van der Waals surface area (Å²) in [7, 11) is 1.27. The summed E-state index contributed by atoms with van der Waals surface area (Å²) in [6.45, 7) is 1.96. The van der Waals surface area contributed by atoms with E-state index in [4.69, 9.17) is 9.15 Å². The fourth-order valence-electron chi connectivity index (χ4n) is 4.10. The molecule has 1 aliphatic heterocycles. The second-order valence-electron chi connectivity index (χ2n) is 7.94. The van der Waals surface area contributed by atoms with E-state index >= 15 is 0 Å². The second-order valence-corrected chi connectivity index (χ2v) is 7.94. The van der Waals surface area contributed by atoms with E-state index in [0.29, 0.717) is 17.9 Å². The van der Waals surface area contributed by atoms with Crippen molar-refractivity contribution in [2.24, 2.45) is 0 Å². The number of nitrogens with zero attached hydrogens (tertiary/aromatic N) is 1. The third kappa shape index (κ3) is 4.68. The number of phenols is 1. The summed E-state index contributed by atoms with van der Waals surface area (Å²) in [5.74, 6) is -1.28. The van der Waals surface area contributed by atoms with Gasteiger partial charge in [0.15, 0.2) is 5.76 Å². The van der Waals surface area contributed by atoms with Gasteiger partial charge in [0.05, 0.1) is 26.0 Å². The van der Waals surface area contributed by atoms with E-state index < -0.39 is 23.1 Å². The van der Waals surface area contributed by atoms with Crippen LogP contribution in [0, 0.1) is 0 Å². The molecular formula is C25H25NO6. The lowest BCUT2D eigenvalue weighted by atomic mass is 9.92. The Morgan fingerprint density at radius 3 is 2.56 bits per heavy atom. The Bertz CT molecular complexity index is 1170. The molecule has 2 heterocycles. The molecule has 0 saturated carbocycles. The average Bonchev–Trinajstić information content (AvgIpc) is 2.80. The summed E-state index contributed by atoms with van der Waals surface area (Å²) in [5, 5.41) is 20.1. The Morgan fingerprint density at radius 1 is 1.12 bits per heavy atom. The normalized spacial score (nSPS) is 14.5. The average molecular weight is 435 g/mol. The van der Waals surface area contributed by atoms with Crippen LogP contribution in [0.5, 0.6) is 11.5 Å². The summed E-state index contributed by atoms with van der Waals surface area (Å²) in [6, 6.07) is 15.8. The number of aromatic hydroxyl groups is 2. The first-order valence-corrected chi connectivity index (χ1v) is 10.5. The van der Waals surface area contributed by atoms with Gasteiger partial charge >= 0.3 is 5.97 Å². The van der Waals surface area contributed by atoms with E-state index in [1.807, 2.05) is 12.1 Å². The van der Waals surface area contributed by atoms with Crippen molar-refractivity contribution in [3.63, 3.8) is 0 Å². The van der Waals surface area contributed by atoms with Crippen LogP contribution in [0.15, 0.2) is 63.8 Å². The van der Waals surface area contributed by atoms with Gasteiger partial charge in [0.2, 0.25) is 11.2 Å². The Labute approximate surface area is 185 Å². The molecule has 0 radical (unpaired) electrons. The van der Waals surface area contributed by atoms with Gasteiger partial charge in [0.25, 0.3) is 0 Å². The predicted molar refractivity (Wildman–Crippen MR) is 117 cm³/mol. The molecule has 1 unspecified atom stereocenters. The van der Waals surface area contributed by atoms with E-state index in [9.17, 15) is 19.8 Å². The molecule has 1 aromatic heterocycles. The van der Waals surface area contributed by atoms with Crippen LogP contribution < -0.4 is 5.43 Å². The monoisotopic (exact) mass is 435 g/mol. The zero-order valence-corrected chi connectivity index (χ0v) is 17.8. The Morgan fingerprint density at radius 2 is 1.84 bits per heavy atom. The number of ether oxygens (including phenoxy) is 1. The highest BCUT2D eigenvalue weighted by molar-refractivity contribution is 5.71. The van der Waals surface area contributed by atoms with Crippen molar-refractivity contribution in [1.82, 2.24) is 4.90 Å². The Kier molecular flexibility index (Phi) is 6.28. The third-order valence-corrected chi connectivity index (χ3v) is 5.80. The number of carbonyl (C=O) groups excluding carboxylic acids is 1. The van der Waals surface area contributed by atoms with Gasteiger partial charge in [-0.15, -0.1) is 0 Å². The van der Waals surface area contributed by atoms with Crippen molar-refractivity contribution in [3.8, 4) is 11.5 Å². The first kappa shape index (κ1) is 21.6. The minimum Gasteiger partial charge on any atom is -0.508 e. The van der Waals surface area contributed by atoms with Crippen molar-refractivity contribution >= 4 is 5.97 Å². The molecule has 7 nitrogen and oxygen atoms in total. The molecule has 0 fully saturated rings. The van der Waals surface area contributed by atoms with Gasteiger partial charge in [-0.25, -0.2) is 0 Å². The molecule has 1 aliphatic rings. The fraction of sp³-hybridized carbons (Fsp3) is 0.280. The van der Waals surface area contributed by atoms with Gasteiger partial charge in [-0.1, -0.05) is 36.4 Å². The SMILES string of the molecule is COC(=O)CC(c1ccc(O)cc1)c1oc(CN2CCc3ccccc3C2)cc(=O)c1O. The summed E-state index contributed by atoms with van der Waals surface area (Å²) in [4.78, 5) is 26.8. The minimum absolute atomic E-state index is 0.0148. The zero-order valence-electron chi connectivity index (χ0n) is 17.8. The van der Waals surface area contributed by atoms with Gasteiger partial charge in [0.1, 0.15) is 11.5 Å². The quantitative estimate of drug-likeness (QED) is 0.573. The van der Waals surface area contributed by atoms with Gasteiger partial charge in [-0.3, -0.25) is 14.5 Å². The van der Waals surface area contributed by atoms with Gasteiger partial charge in [-0.05, 0) is 35.2 Å². The number of fused-ring (bicyclic) bond motifs is 1. The molecule has 0 aliphatic carbocycles. The maximum Gasteiger partial charge on any atom is 0.306 e. The highest BCUT2D eigenvalue weighted by Gasteiger charge is 2.27. The van der Waals surface area contributed by atoms with Gasteiger partial charge in [0, 0.05) is 19.2 Å². The van der Waals surface area contributed by atoms with Crippen LogP contribution in [-0.4, -0.2) is 34.7 Å². The summed E-state index contributed by atoms with van der Waals surface area (Å²) < 4.78 is 10.8. The largest absolute Gasteiger partial charge is 0.508 e. The van der Waals surface area contributed by atoms with Crippen LogP contribution in [0.4, 0.5) is 0 Å². The smallest absolute Gasteiger partial charge is 0.306 e. The first-order valence-electron chi connectivity index (χ1n) is 10.5. The molecule has 2 N–H and O–H groups in total. The molecule has 0 spiro atoms. The van der Waals surface area contributed by atoms with Gasteiger partial charge < -0.3 is 19.4 Å². The topological polar surface area (TPSA) is 100 Å². The highest BCUT2D eigenvalue weighted by atomic mass is 16.5. The molecule has 3 aromatic rings. The lowest BCUT2D eigenvalue weighted by Crippen LogP contribution is -2.30. The number of methoxy groups -OCH3 is 1. The van der Waals surface area contributed by atoms with Crippen LogP contribution in [0.1, 0.15) is 40.5 Å². The third-order valence-electron chi connectivity index (χ3n) is 5.80. The Balaban J connectivity index is 1.66. The maximum absolute atomic E-state index is 12.6. The van der Waals surface area contributed by atoms with Crippen LogP contribution >= 0.6 is 0 Å². The number of carbonyl (C=O) groups is 1. The van der Waals surface area contributed by atoms with Crippen LogP contribution in [-0.2, 0) is 29.0 Å². The van der Waals surface area contributed by atoms with Crippen molar-refractivity contribution in [2.75, 3.05) is 13.7 Å². The Hall–Kier alpha value is -3.58. The predicted octanol–water partition coefficient (Wildman–Crippen LogP) is 3.30. The summed E-state index contributed by atoms with van der Waals surface area (Å²) in [6.07, 6.45) is 0.780. The zero-order chi connectivity index (χ0) is 22.7. The standard InChI is InChI=1S/C25H25NO6/c1-31-23(29)13-21(17-6-8-19(27)9-7-17)25-24(30)22(28)12-20(32-25)15-26-11-10-16-4-2-3-5-18(16)14-26/h2-9,12,21,27,30H,10-11,13-15H2,1H3. The van der Waals surface area contributed by atoms with Crippen LogP contribution in [0.3, 0.4) is 0 Å². The van der Waals surface area contributed by atoms with Crippen LogP contribution in [0.2, 0.25) is 0 Å². The second kappa shape index (κ2) is 9.28. The summed E-state index contributed by atoms with van der Waals surface area (Å²) >= 11 is 0. The fourth-order valence-corrected chi connectivity index (χ4v) is 4.10. The molecule has 2 aromatic carbocycles. The highest BCUT2D eigenvalue weighted by Crippen LogP contribution is 2.34. The number of esters is 1. The number of hydrogen-bond donors (Lipinski definition) is 2. The number of phenolic OH excluding ortho intramolecular Hbond substituents is 1. The van der Waals surface area contributed by atoms with Crippen molar-refractivity contribution in [2.45, 2.75) is 31.8 Å². The van der Waals surface area contributed by atoms with E-state index in [0.717, 1.165) is 19.5 Å². The first-order chi connectivity index (χ1) is 15.4. The molecule has 0 amide bonds. The lowest BCUT2D eigenvalue weighted by Gasteiger charge is -2.28. The number of hydrogen-bond acceptors (Lipinski definition) is 7. The van der Waals surface area contributed by atoms with E-state index in [2.05, 4.69) is 17.0 Å². The summed E-state index contributed by atoms with van der Waals surface area (Å²) in [5.41, 5.74) is 2.61. The number of rotatable bonds is 6. The van der Waals surface area contributed by atoms with Crippen molar-refractivity contribution < 1.29 is 24.2 Å². The molecule has 166 valence electrons. The van der Waals surface area contributed by atoms with Crippen molar-refractivity contribution in [3.05, 3.63) is 93.0 Å². The molecule has 0 saturated heterocycles. The molecule has 7 heteroatoms. The molecule has 32 heavy (non-hydrogen) atoms. The van der Waals surface area contributed by atoms with Crippen molar-refractivity contribution in [1.29, 1.82) is 0 Å². The molecule has 4 rings (SSSR count). The molecular weight excluding hydrogens is 410 g/mol. The molecule has 1 atom stereocenters. The maximum atomic E-state index is 12.6. The lowest BCUT2D eigenvalue weighted by molar-refractivity contribution is -0.140. The molecule has 0 bridgehead atoms. The van der Waals surface area contributed by atoms with E-state index in [1.54, 1.807) is 12.1 Å². The minimum atomic E-state index is -0.738.